The Kier molecular flexibility index (Phi) is 10.0. The number of unbranched alkanes of at least 4 members (excludes halogenated alkanes) is 2. The summed E-state index contributed by atoms with van der Waals surface area (Å²) in [6, 6.07) is 26.1. The zero-order valence-corrected chi connectivity index (χ0v) is 24.7. The maximum atomic E-state index is 11.1. The van der Waals surface area contributed by atoms with Crippen LogP contribution in [0.15, 0.2) is 78.2 Å². The molecule has 2 N–H and O–H groups in total. The van der Waals surface area contributed by atoms with Crippen LogP contribution in [-0.4, -0.2) is 15.9 Å². The highest BCUT2D eigenvalue weighted by Gasteiger charge is 2.13. The van der Waals surface area contributed by atoms with E-state index in [1.54, 1.807) is 11.3 Å². The predicted octanol–water partition coefficient (Wildman–Crippen LogP) is 8.61. The minimum absolute atomic E-state index is 0.0355. The second-order valence-electron chi connectivity index (χ2n) is 10.4. The average molecular weight is 557 g/mol. The largest absolute Gasteiger partial charge is 0.325 e. The van der Waals surface area contributed by atoms with Crippen molar-refractivity contribution in [3.8, 4) is 22.3 Å². The van der Waals surface area contributed by atoms with Gasteiger partial charge in [-0.2, -0.15) is 0 Å². The Morgan fingerprint density at radius 2 is 1.67 bits per heavy atom. The summed E-state index contributed by atoms with van der Waals surface area (Å²) in [6.07, 6.45) is 3.96. The standard InChI is InChI=1S/C34H37O3PS/c1-25-9-7-11-31(21-25)32(23-29-14-13-26(2)27(3)22-29)18-17-30-16-15-28(10-5-4-6-19-38(35,36)37)24-33(30)34-12-8-20-39-34/h7-9,11-16,20-22,24,32H,4-6,10,19,23H2,1-3H3,(H2,35,36,37). The van der Waals surface area contributed by atoms with E-state index in [9.17, 15) is 4.57 Å². The van der Waals surface area contributed by atoms with E-state index in [1.165, 1.54) is 38.3 Å². The van der Waals surface area contributed by atoms with Crippen molar-refractivity contribution in [3.63, 3.8) is 0 Å². The summed E-state index contributed by atoms with van der Waals surface area (Å²) in [7, 11) is -3.91. The van der Waals surface area contributed by atoms with E-state index in [0.717, 1.165) is 36.8 Å². The van der Waals surface area contributed by atoms with Gasteiger partial charge in [-0.15, -0.1) is 11.3 Å². The van der Waals surface area contributed by atoms with Gasteiger partial charge in [-0.25, -0.2) is 0 Å². The Labute approximate surface area is 237 Å². The maximum Gasteiger partial charge on any atom is 0.325 e. The number of benzene rings is 3. The van der Waals surface area contributed by atoms with Gasteiger partial charge in [0.25, 0.3) is 0 Å². The second kappa shape index (κ2) is 13.4. The second-order valence-corrected chi connectivity index (χ2v) is 13.1. The zero-order chi connectivity index (χ0) is 27.8. The Balaban J connectivity index is 1.60. The lowest BCUT2D eigenvalue weighted by Crippen LogP contribution is -2.02. The number of rotatable bonds is 10. The van der Waals surface area contributed by atoms with Gasteiger partial charge in [0.1, 0.15) is 0 Å². The molecule has 1 atom stereocenters. The lowest BCUT2D eigenvalue weighted by atomic mass is 9.90. The van der Waals surface area contributed by atoms with Crippen molar-refractivity contribution < 1.29 is 14.4 Å². The molecular formula is C34H37O3PS. The Bertz CT molecular complexity index is 1510. The minimum Gasteiger partial charge on any atom is -0.324 e. The molecule has 202 valence electrons. The molecule has 3 nitrogen and oxygen atoms in total. The fraction of sp³-hybridized carbons (Fsp3) is 0.294. The summed E-state index contributed by atoms with van der Waals surface area (Å²) in [5.41, 5.74) is 9.80. The van der Waals surface area contributed by atoms with E-state index in [4.69, 9.17) is 9.79 Å². The molecule has 0 fully saturated rings. The van der Waals surface area contributed by atoms with Gasteiger partial charge < -0.3 is 9.79 Å². The van der Waals surface area contributed by atoms with Gasteiger partial charge in [-0.05, 0) is 97.9 Å². The predicted molar refractivity (Wildman–Crippen MR) is 165 cm³/mol. The van der Waals surface area contributed by atoms with Crippen molar-refractivity contribution in [2.75, 3.05) is 6.16 Å². The molecule has 4 rings (SSSR count). The zero-order valence-electron chi connectivity index (χ0n) is 23.0. The molecule has 0 aliphatic heterocycles. The van der Waals surface area contributed by atoms with Gasteiger partial charge in [0.2, 0.25) is 0 Å². The van der Waals surface area contributed by atoms with Crippen molar-refractivity contribution in [2.45, 2.75) is 58.8 Å². The summed E-state index contributed by atoms with van der Waals surface area (Å²) < 4.78 is 11.1. The van der Waals surface area contributed by atoms with Crippen molar-refractivity contribution in [3.05, 3.63) is 117 Å². The maximum absolute atomic E-state index is 11.1. The Morgan fingerprint density at radius 1 is 0.846 bits per heavy atom. The Hall–Kier alpha value is -2.93. The molecule has 0 spiro atoms. The van der Waals surface area contributed by atoms with Gasteiger partial charge in [0, 0.05) is 28.1 Å². The van der Waals surface area contributed by atoms with Gasteiger partial charge in [0.05, 0.1) is 0 Å². The molecule has 0 aliphatic carbocycles. The summed E-state index contributed by atoms with van der Waals surface area (Å²) in [5.74, 6) is 7.28. The molecule has 0 saturated carbocycles. The molecule has 39 heavy (non-hydrogen) atoms. The van der Waals surface area contributed by atoms with E-state index >= 15 is 0 Å². The first-order valence-electron chi connectivity index (χ1n) is 13.5. The highest BCUT2D eigenvalue weighted by atomic mass is 32.1. The van der Waals surface area contributed by atoms with E-state index in [1.807, 2.05) is 0 Å². The third-order valence-electron chi connectivity index (χ3n) is 7.12. The van der Waals surface area contributed by atoms with Gasteiger partial charge in [-0.3, -0.25) is 4.57 Å². The lowest BCUT2D eigenvalue weighted by molar-refractivity contribution is 0.371. The molecule has 0 aliphatic rings. The van der Waals surface area contributed by atoms with Crippen LogP contribution in [-0.2, 0) is 17.4 Å². The van der Waals surface area contributed by atoms with Crippen LogP contribution in [0.5, 0.6) is 0 Å². The molecule has 0 amide bonds. The minimum atomic E-state index is -3.91. The van der Waals surface area contributed by atoms with Crippen molar-refractivity contribution in [1.82, 2.24) is 0 Å². The Morgan fingerprint density at radius 3 is 2.38 bits per heavy atom. The lowest BCUT2D eigenvalue weighted by Gasteiger charge is -2.14. The smallest absolute Gasteiger partial charge is 0.324 e. The summed E-state index contributed by atoms with van der Waals surface area (Å²) >= 11 is 1.72. The summed E-state index contributed by atoms with van der Waals surface area (Å²) in [4.78, 5) is 19.4. The number of thiophene rings is 1. The first kappa shape index (κ1) is 29.1. The van der Waals surface area contributed by atoms with Crippen molar-refractivity contribution in [2.24, 2.45) is 0 Å². The first-order valence-corrected chi connectivity index (χ1v) is 16.2. The van der Waals surface area contributed by atoms with Crippen LogP contribution in [0.1, 0.15) is 64.1 Å². The number of aryl methyl sites for hydroxylation is 4. The van der Waals surface area contributed by atoms with Gasteiger partial charge in [0.15, 0.2) is 0 Å². The quantitative estimate of drug-likeness (QED) is 0.117. The van der Waals surface area contributed by atoms with E-state index < -0.39 is 7.60 Å². The van der Waals surface area contributed by atoms with Crippen molar-refractivity contribution in [1.29, 1.82) is 0 Å². The fourth-order valence-corrected chi connectivity index (χ4v) is 6.18. The summed E-state index contributed by atoms with van der Waals surface area (Å²) in [6.45, 7) is 6.44. The molecule has 0 radical (unpaired) electrons. The van der Waals surface area contributed by atoms with Crippen LogP contribution in [0, 0.1) is 32.6 Å². The molecule has 1 unspecified atom stereocenters. The highest BCUT2D eigenvalue weighted by Crippen LogP contribution is 2.35. The molecule has 0 saturated heterocycles. The van der Waals surface area contributed by atoms with Crippen LogP contribution in [0.4, 0.5) is 0 Å². The summed E-state index contributed by atoms with van der Waals surface area (Å²) in [5, 5.41) is 2.09. The normalized spacial score (nSPS) is 12.1. The molecule has 1 heterocycles. The van der Waals surface area contributed by atoms with E-state index in [-0.39, 0.29) is 12.1 Å². The molecule has 3 aromatic carbocycles. The molecule has 4 aromatic rings. The monoisotopic (exact) mass is 556 g/mol. The highest BCUT2D eigenvalue weighted by molar-refractivity contribution is 7.51. The molecule has 5 heteroatoms. The third-order valence-corrected chi connectivity index (χ3v) is 8.92. The van der Waals surface area contributed by atoms with Crippen LogP contribution >= 0.6 is 18.9 Å². The van der Waals surface area contributed by atoms with Crippen LogP contribution in [0.2, 0.25) is 0 Å². The van der Waals surface area contributed by atoms with Crippen LogP contribution in [0.3, 0.4) is 0 Å². The fourth-order valence-electron chi connectivity index (χ4n) is 4.79. The van der Waals surface area contributed by atoms with Gasteiger partial charge in [-0.1, -0.05) is 78.4 Å². The molecule has 0 bridgehead atoms. The van der Waals surface area contributed by atoms with Gasteiger partial charge >= 0.3 is 7.60 Å². The van der Waals surface area contributed by atoms with Crippen LogP contribution in [0.25, 0.3) is 10.4 Å². The van der Waals surface area contributed by atoms with E-state index in [0.29, 0.717) is 6.42 Å². The van der Waals surface area contributed by atoms with Crippen molar-refractivity contribution >= 4 is 18.9 Å². The first-order chi connectivity index (χ1) is 18.7. The topological polar surface area (TPSA) is 57.5 Å². The molecule has 1 aromatic heterocycles. The third kappa shape index (κ3) is 8.79. The van der Waals surface area contributed by atoms with E-state index in [2.05, 4.69) is 111 Å². The SMILES string of the molecule is Cc1cccc(C(C#Cc2ccc(CCCCCP(=O)(O)O)cc2-c2cccs2)Cc2ccc(C)c(C)c2)c1. The number of hydrogen-bond donors (Lipinski definition) is 2. The van der Waals surface area contributed by atoms with Crippen LogP contribution < -0.4 is 0 Å². The molecular weight excluding hydrogens is 519 g/mol. The number of hydrogen-bond acceptors (Lipinski definition) is 2. The average Bonchev–Trinajstić information content (AvgIpc) is 3.43.